The molecule has 1 aromatic heterocycles. The van der Waals surface area contributed by atoms with Crippen molar-refractivity contribution >= 4 is 11.9 Å². The van der Waals surface area contributed by atoms with E-state index >= 15 is 0 Å². The zero-order valence-corrected chi connectivity index (χ0v) is 11.3. The Bertz CT molecular complexity index is 496. The second-order valence-electron chi connectivity index (χ2n) is 5.41. The Morgan fingerprint density at radius 2 is 2.21 bits per heavy atom. The Balaban J connectivity index is 2.23. The molecule has 1 aliphatic heterocycles. The van der Waals surface area contributed by atoms with Crippen molar-refractivity contribution in [1.82, 2.24) is 4.90 Å². The summed E-state index contributed by atoms with van der Waals surface area (Å²) < 4.78 is 10.6. The number of allylic oxidation sites excluding steroid dienone is 1. The minimum Gasteiger partial charge on any atom is -0.467 e. The van der Waals surface area contributed by atoms with E-state index in [-0.39, 0.29) is 12.2 Å². The third kappa shape index (κ3) is 3.24. The van der Waals surface area contributed by atoms with Gasteiger partial charge in [0.15, 0.2) is 5.78 Å². The summed E-state index contributed by atoms with van der Waals surface area (Å²) in [5.74, 6) is 0.532. The molecule has 1 amide bonds. The molecule has 1 atom stereocenters. The molecule has 2 rings (SSSR count). The summed E-state index contributed by atoms with van der Waals surface area (Å²) >= 11 is 0. The summed E-state index contributed by atoms with van der Waals surface area (Å²) in [5.41, 5.74) is -0.583. The van der Waals surface area contributed by atoms with Crippen LogP contribution >= 0.6 is 0 Å². The monoisotopic (exact) mass is 263 g/mol. The van der Waals surface area contributed by atoms with Gasteiger partial charge in [0, 0.05) is 12.6 Å². The maximum Gasteiger partial charge on any atom is 0.415 e. The topological polar surface area (TPSA) is 59.8 Å². The zero-order chi connectivity index (χ0) is 14.0. The highest BCUT2D eigenvalue weighted by atomic mass is 16.6. The molecule has 0 saturated carbocycles. The first-order valence-electron chi connectivity index (χ1n) is 6.12. The predicted octanol–water partition coefficient (Wildman–Crippen LogP) is 3.04. The number of carbonyl (C=O) groups excluding carboxylic acids is 2. The molecule has 0 N–H and O–H groups in total. The summed E-state index contributed by atoms with van der Waals surface area (Å²) in [5, 5.41) is 0. The minimum absolute atomic E-state index is 0.0405. The smallest absolute Gasteiger partial charge is 0.415 e. The average Bonchev–Trinajstić information content (AvgIpc) is 2.79. The second kappa shape index (κ2) is 4.91. The molecule has 102 valence electrons. The molecule has 5 nitrogen and oxygen atoms in total. The van der Waals surface area contributed by atoms with Crippen molar-refractivity contribution in [2.75, 3.05) is 0 Å². The SMILES string of the molecule is CC(C)(C)OC(=O)N1C=CC(=O)CC1c1ccco1. The molecular formula is C14H17NO4. The molecule has 0 spiro atoms. The second-order valence-corrected chi connectivity index (χ2v) is 5.41. The van der Waals surface area contributed by atoms with Crippen molar-refractivity contribution in [3.8, 4) is 0 Å². The third-order valence-corrected chi connectivity index (χ3v) is 2.63. The van der Waals surface area contributed by atoms with Crippen LogP contribution in [0, 0.1) is 0 Å². The zero-order valence-electron chi connectivity index (χ0n) is 11.3. The van der Waals surface area contributed by atoms with E-state index in [1.165, 1.54) is 23.4 Å². The molecule has 0 saturated heterocycles. The number of furan rings is 1. The quantitative estimate of drug-likeness (QED) is 0.781. The number of nitrogens with zero attached hydrogens (tertiary/aromatic N) is 1. The fourth-order valence-corrected chi connectivity index (χ4v) is 1.85. The normalized spacial score (nSPS) is 19.6. The summed E-state index contributed by atoms with van der Waals surface area (Å²) in [6.07, 6.45) is 4.06. The fraction of sp³-hybridized carbons (Fsp3) is 0.429. The Hall–Kier alpha value is -2.04. The molecule has 1 aromatic rings. The standard InChI is InChI=1S/C14H17NO4/c1-14(2,3)19-13(17)15-7-6-10(16)9-11(15)12-5-4-8-18-12/h4-8,11H,9H2,1-3H3. The number of carbonyl (C=O) groups is 2. The first kappa shape index (κ1) is 13.4. The van der Waals surface area contributed by atoms with Crippen LogP contribution in [0.2, 0.25) is 0 Å². The van der Waals surface area contributed by atoms with Crippen LogP contribution in [0.15, 0.2) is 35.1 Å². The molecular weight excluding hydrogens is 246 g/mol. The van der Waals surface area contributed by atoms with Crippen molar-refractivity contribution in [2.45, 2.75) is 38.8 Å². The average molecular weight is 263 g/mol. The molecule has 0 aromatic carbocycles. The molecule has 0 aliphatic carbocycles. The number of hydrogen-bond donors (Lipinski definition) is 0. The largest absolute Gasteiger partial charge is 0.467 e. The summed E-state index contributed by atoms with van der Waals surface area (Å²) in [7, 11) is 0. The lowest BCUT2D eigenvalue weighted by Crippen LogP contribution is -2.38. The Labute approximate surface area is 111 Å². The van der Waals surface area contributed by atoms with Gasteiger partial charge in [-0.3, -0.25) is 9.69 Å². The highest BCUT2D eigenvalue weighted by molar-refractivity contribution is 5.92. The van der Waals surface area contributed by atoms with Gasteiger partial charge in [0.05, 0.1) is 6.26 Å². The van der Waals surface area contributed by atoms with E-state index < -0.39 is 17.7 Å². The Morgan fingerprint density at radius 3 is 2.79 bits per heavy atom. The predicted molar refractivity (Wildman–Crippen MR) is 68.3 cm³/mol. The van der Waals surface area contributed by atoms with Gasteiger partial charge in [0.2, 0.25) is 0 Å². The van der Waals surface area contributed by atoms with Crippen LogP contribution in [-0.4, -0.2) is 22.4 Å². The van der Waals surface area contributed by atoms with Gasteiger partial charge >= 0.3 is 6.09 Å². The van der Waals surface area contributed by atoms with E-state index in [2.05, 4.69) is 0 Å². The first-order valence-corrected chi connectivity index (χ1v) is 6.12. The van der Waals surface area contributed by atoms with Crippen LogP contribution in [-0.2, 0) is 9.53 Å². The van der Waals surface area contributed by atoms with E-state index in [9.17, 15) is 9.59 Å². The molecule has 0 bridgehead atoms. The van der Waals surface area contributed by atoms with Gasteiger partial charge in [-0.1, -0.05) is 0 Å². The number of hydrogen-bond acceptors (Lipinski definition) is 4. The molecule has 1 aliphatic rings. The fourth-order valence-electron chi connectivity index (χ4n) is 1.85. The van der Waals surface area contributed by atoms with Crippen molar-refractivity contribution < 1.29 is 18.7 Å². The lowest BCUT2D eigenvalue weighted by Gasteiger charge is -2.31. The maximum atomic E-state index is 12.1. The van der Waals surface area contributed by atoms with Crippen LogP contribution in [0.25, 0.3) is 0 Å². The van der Waals surface area contributed by atoms with Crippen LogP contribution in [0.1, 0.15) is 39.0 Å². The third-order valence-electron chi connectivity index (χ3n) is 2.63. The van der Waals surface area contributed by atoms with E-state index in [1.54, 1.807) is 32.9 Å². The van der Waals surface area contributed by atoms with Crippen LogP contribution < -0.4 is 0 Å². The van der Waals surface area contributed by atoms with Crippen molar-refractivity contribution in [1.29, 1.82) is 0 Å². The van der Waals surface area contributed by atoms with Gasteiger partial charge in [-0.15, -0.1) is 0 Å². The van der Waals surface area contributed by atoms with Gasteiger partial charge in [0.1, 0.15) is 17.4 Å². The van der Waals surface area contributed by atoms with Crippen molar-refractivity contribution in [3.05, 3.63) is 36.4 Å². The highest BCUT2D eigenvalue weighted by Crippen LogP contribution is 2.30. The van der Waals surface area contributed by atoms with E-state index in [0.29, 0.717) is 5.76 Å². The number of ether oxygens (including phenoxy) is 1. The molecule has 0 radical (unpaired) electrons. The van der Waals surface area contributed by atoms with Crippen LogP contribution in [0.3, 0.4) is 0 Å². The van der Waals surface area contributed by atoms with Gasteiger partial charge in [0.25, 0.3) is 0 Å². The van der Waals surface area contributed by atoms with E-state index in [1.807, 2.05) is 0 Å². The van der Waals surface area contributed by atoms with Gasteiger partial charge in [-0.25, -0.2) is 4.79 Å². The first-order chi connectivity index (χ1) is 8.87. The van der Waals surface area contributed by atoms with E-state index in [0.717, 1.165) is 0 Å². The summed E-state index contributed by atoms with van der Waals surface area (Å²) in [4.78, 5) is 25.0. The minimum atomic E-state index is -0.583. The summed E-state index contributed by atoms with van der Waals surface area (Å²) in [6.45, 7) is 5.39. The van der Waals surface area contributed by atoms with E-state index in [4.69, 9.17) is 9.15 Å². The molecule has 19 heavy (non-hydrogen) atoms. The molecule has 0 fully saturated rings. The number of ketones is 1. The lowest BCUT2D eigenvalue weighted by molar-refractivity contribution is -0.116. The molecule has 1 unspecified atom stereocenters. The maximum absolute atomic E-state index is 12.1. The molecule has 5 heteroatoms. The van der Waals surface area contributed by atoms with Gasteiger partial charge in [-0.05, 0) is 39.0 Å². The number of amides is 1. The Morgan fingerprint density at radius 1 is 1.47 bits per heavy atom. The number of rotatable bonds is 1. The van der Waals surface area contributed by atoms with Gasteiger partial charge in [-0.2, -0.15) is 0 Å². The van der Waals surface area contributed by atoms with Crippen molar-refractivity contribution in [3.63, 3.8) is 0 Å². The lowest BCUT2D eigenvalue weighted by atomic mass is 10.0. The summed E-state index contributed by atoms with van der Waals surface area (Å²) in [6, 6.07) is 3.03. The van der Waals surface area contributed by atoms with Gasteiger partial charge < -0.3 is 9.15 Å². The molecule has 2 heterocycles. The highest BCUT2D eigenvalue weighted by Gasteiger charge is 2.33. The Kier molecular flexibility index (Phi) is 3.46. The van der Waals surface area contributed by atoms with Crippen LogP contribution in [0.4, 0.5) is 4.79 Å². The van der Waals surface area contributed by atoms with Crippen LogP contribution in [0.5, 0.6) is 0 Å². The van der Waals surface area contributed by atoms with Crippen molar-refractivity contribution in [2.24, 2.45) is 0 Å².